The first kappa shape index (κ1) is 15.8. The van der Waals surface area contributed by atoms with Gasteiger partial charge < -0.3 is 10.1 Å². The third kappa shape index (κ3) is 2.17. The van der Waals surface area contributed by atoms with E-state index in [0.29, 0.717) is 16.1 Å². The van der Waals surface area contributed by atoms with Crippen molar-refractivity contribution in [3.05, 3.63) is 28.0 Å². The van der Waals surface area contributed by atoms with Crippen molar-refractivity contribution in [3.63, 3.8) is 0 Å². The molecule has 1 saturated carbocycles. The summed E-state index contributed by atoms with van der Waals surface area (Å²) in [6, 6.07) is 3.43. The first-order valence-corrected chi connectivity index (χ1v) is 7.68. The summed E-state index contributed by atoms with van der Waals surface area (Å²) in [6.07, 6.45) is 0. The number of benzene rings is 1. The Labute approximate surface area is 129 Å². The van der Waals surface area contributed by atoms with Gasteiger partial charge in [-0.25, -0.2) is 4.39 Å². The van der Waals surface area contributed by atoms with Crippen molar-refractivity contribution < 1.29 is 9.13 Å². The smallest absolute Gasteiger partial charge is 0.141 e. The predicted octanol–water partition coefficient (Wildman–Crippen LogP) is 4.54. The van der Waals surface area contributed by atoms with E-state index in [1.165, 1.54) is 6.07 Å². The Kier molecular flexibility index (Phi) is 3.93. The van der Waals surface area contributed by atoms with Gasteiger partial charge in [-0.3, -0.25) is 0 Å². The standard InChI is InChI=1S/C16H23BrFNO/c1-15(2)14(16(15,3)4)13(19-5)9-7-10(17)11(18)8-12(9)20-6/h7-8,13-14,19H,1-6H3. The minimum absolute atomic E-state index is 0.145. The van der Waals surface area contributed by atoms with E-state index in [9.17, 15) is 4.39 Å². The predicted molar refractivity (Wildman–Crippen MR) is 83.5 cm³/mol. The number of ether oxygens (including phenoxy) is 1. The Morgan fingerprint density at radius 2 is 1.80 bits per heavy atom. The number of nitrogens with one attached hydrogen (secondary N) is 1. The van der Waals surface area contributed by atoms with E-state index in [0.717, 1.165) is 5.56 Å². The molecule has 0 spiro atoms. The van der Waals surface area contributed by atoms with Gasteiger partial charge in [-0.2, -0.15) is 0 Å². The van der Waals surface area contributed by atoms with Gasteiger partial charge in [-0.1, -0.05) is 27.7 Å². The van der Waals surface area contributed by atoms with Gasteiger partial charge in [0.05, 0.1) is 11.6 Å². The van der Waals surface area contributed by atoms with Crippen LogP contribution < -0.4 is 10.1 Å². The SMILES string of the molecule is CNC(c1cc(Br)c(F)cc1OC)C1C(C)(C)C1(C)C. The maximum absolute atomic E-state index is 13.7. The topological polar surface area (TPSA) is 21.3 Å². The molecule has 2 rings (SSSR count). The third-order valence-electron chi connectivity index (χ3n) is 5.38. The molecule has 1 aromatic rings. The summed E-state index contributed by atoms with van der Waals surface area (Å²) < 4.78 is 19.5. The number of hydrogen-bond donors (Lipinski definition) is 1. The summed E-state index contributed by atoms with van der Waals surface area (Å²) in [5.41, 5.74) is 1.49. The van der Waals surface area contributed by atoms with E-state index in [-0.39, 0.29) is 22.7 Å². The molecule has 20 heavy (non-hydrogen) atoms. The van der Waals surface area contributed by atoms with E-state index in [2.05, 4.69) is 48.9 Å². The van der Waals surface area contributed by atoms with Crippen LogP contribution in [0.2, 0.25) is 0 Å². The molecule has 1 N–H and O–H groups in total. The van der Waals surface area contributed by atoms with Crippen molar-refractivity contribution in [3.8, 4) is 5.75 Å². The molecule has 4 heteroatoms. The van der Waals surface area contributed by atoms with Crippen LogP contribution in [0.15, 0.2) is 16.6 Å². The zero-order chi connectivity index (χ0) is 15.3. The molecule has 1 aromatic carbocycles. The molecule has 0 bridgehead atoms. The van der Waals surface area contributed by atoms with E-state index in [1.807, 2.05) is 13.1 Å². The molecule has 0 aromatic heterocycles. The highest BCUT2D eigenvalue weighted by Crippen LogP contribution is 2.72. The highest BCUT2D eigenvalue weighted by atomic mass is 79.9. The van der Waals surface area contributed by atoms with Crippen molar-refractivity contribution in [2.45, 2.75) is 33.7 Å². The maximum Gasteiger partial charge on any atom is 0.141 e. The van der Waals surface area contributed by atoms with Crippen LogP contribution in [-0.4, -0.2) is 14.2 Å². The van der Waals surface area contributed by atoms with Crippen molar-refractivity contribution in [1.29, 1.82) is 0 Å². The molecule has 1 aliphatic carbocycles. The van der Waals surface area contributed by atoms with Gasteiger partial charge in [-0.15, -0.1) is 0 Å². The van der Waals surface area contributed by atoms with Gasteiger partial charge in [-0.05, 0) is 45.8 Å². The van der Waals surface area contributed by atoms with Crippen LogP contribution in [0.3, 0.4) is 0 Å². The van der Waals surface area contributed by atoms with E-state index in [1.54, 1.807) is 7.11 Å². The fraction of sp³-hybridized carbons (Fsp3) is 0.625. The lowest BCUT2D eigenvalue weighted by Crippen LogP contribution is -2.22. The lowest BCUT2D eigenvalue weighted by atomic mass is 9.95. The maximum atomic E-state index is 13.7. The van der Waals surface area contributed by atoms with Gasteiger partial charge in [0.25, 0.3) is 0 Å². The van der Waals surface area contributed by atoms with Crippen molar-refractivity contribution >= 4 is 15.9 Å². The largest absolute Gasteiger partial charge is 0.496 e. The zero-order valence-electron chi connectivity index (χ0n) is 13.0. The summed E-state index contributed by atoms with van der Waals surface area (Å²) in [4.78, 5) is 0. The number of halogens is 2. The minimum atomic E-state index is -0.297. The molecule has 2 nitrogen and oxygen atoms in total. The van der Waals surface area contributed by atoms with Gasteiger partial charge in [0.1, 0.15) is 11.6 Å². The first-order valence-electron chi connectivity index (χ1n) is 6.88. The average Bonchev–Trinajstić information content (AvgIpc) is 2.77. The minimum Gasteiger partial charge on any atom is -0.496 e. The summed E-state index contributed by atoms with van der Waals surface area (Å²) in [7, 11) is 3.54. The lowest BCUT2D eigenvalue weighted by molar-refractivity contribution is 0.378. The van der Waals surface area contributed by atoms with Crippen LogP contribution in [-0.2, 0) is 0 Å². The highest BCUT2D eigenvalue weighted by Gasteiger charge is 2.67. The zero-order valence-corrected chi connectivity index (χ0v) is 14.6. The van der Waals surface area contributed by atoms with Gasteiger partial charge >= 0.3 is 0 Å². The van der Waals surface area contributed by atoms with Crippen LogP contribution >= 0.6 is 15.9 Å². The molecule has 0 heterocycles. The highest BCUT2D eigenvalue weighted by molar-refractivity contribution is 9.10. The van der Waals surface area contributed by atoms with Crippen molar-refractivity contribution in [1.82, 2.24) is 5.32 Å². The van der Waals surface area contributed by atoms with Gasteiger partial charge in [0, 0.05) is 17.7 Å². The second kappa shape index (κ2) is 4.99. The van der Waals surface area contributed by atoms with E-state index >= 15 is 0 Å². The molecular weight excluding hydrogens is 321 g/mol. The number of methoxy groups -OCH3 is 1. The van der Waals surface area contributed by atoms with E-state index in [4.69, 9.17) is 4.74 Å². The average molecular weight is 344 g/mol. The monoisotopic (exact) mass is 343 g/mol. The van der Waals surface area contributed by atoms with Crippen molar-refractivity contribution in [2.75, 3.05) is 14.2 Å². The Bertz CT molecular complexity index is 513. The van der Waals surface area contributed by atoms with Crippen LogP contribution in [0.5, 0.6) is 5.75 Å². The van der Waals surface area contributed by atoms with Crippen LogP contribution in [0.25, 0.3) is 0 Å². The molecule has 0 saturated heterocycles. The van der Waals surface area contributed by atoms with Crippen LogP contribution in [0.1, 0.15) is 39.3 Å². The Morgan fingerprint density at radius 3 is 2.20 bits per heavy atom. The second-order valence-corrected chi connectivity index (χ2v) is 7.55. The normalized spacial score (nSPS) is 21.6. The lowest BCUT2D eigenvalue weighted by Gasteiger charge is -2.22. The molecule has 1 aliphatic rings. The summed E-state index contributed by atoms with van der Waals surface area (Å²) in [6.45, 7) is 9.14. The molecular formula is C16H23BrFNO. The molecule has 0 amide bonds. The fourth-order valence-electron chi connectivity index (χ4n) is 3.55. The van der Waals surface area contributed by atoms with Gasteiger partial charge in [0.2, 0.25) is 0 Å². The first-order chi connectivity index (χ1) is 9.18. The molecule has 0 radical (unpaired) electrons. The molecule has 1 unspecified atom stereocenters. The Morgan fingerprint density at radius 1 is 1.25 bits per heavy atom. The number of hydrogen-bond acceptors (Lipinski definition) is 2. The summed E-state index contributed by atoms with van der Waals surface area (Å²) in [5, 5.41) is 3.39. The van der Waals surface area contributed by atoms with Crippen LogP contribution in [0, 0.1) is 22.6 Å². The summed E-state index contributed by atoms with van der Waals surface area (Å²) >= 11 is 3.28. The second-order valence-electron chi connectivity index (χ2n) is 6.70. The van der Waals surface area contributed by atoms with Crippen molar-refractivity contribution in [2.24, 2.45) is 16.7 Å². The quantitative estimate of drug-likeness (QED) is 0.866. The molecule has 1 fully saturated rings. The Hall–Kier alpha value is -0.610. The molecule has 0 aliphatic heterocycles. The van der Waals surface area contributed by atoms with E-state index < -0.39 is 0 Å². The van der Waals surface area contributed by atoms with Gasteiger partial charge in [0.15, 0.2) is 0 Å². The molecule has 1 atom stereocenters. The summed E-state index contributed by atoms with van der Waals surface area (Å²) in [5.74, 6) is 0.782. The third-order valence-corrected chi connectivity index (χ3v) is 5.99. The fourth-order valence-corrected chi connectivity index (χ4v) is 3.91. The molecule has 112 valence electrons. The number of rotatable bonds is 4. The van der Waals surface area contributed by atoms with Crippen LogP contribution in [0.4, 0.5) is 4.39 Å². The Balaban J connectivity index is 2.47.